The van der Waals surface area contributed by atoms with Gasteiger partial charge in [0.25, 0.3) is 5.69 Å². The number of benzene rings is 2. The highest BCUT2D eigenvalue weighted by molar-refractivity contribution is 5.94. The first-order valence-electron chi connectivity index (χ1n) is 6.79. The predicted molar refractivity (Wildman–Crippen MR) is 84.0 cm³/mol. The standard InChI is InChI=1S/C16H16N2O4/c1-3-22-16(19)17(2)14-10-6-4-8-12(14)13-9-5-7-11-15(13)18(20)21/h4-11H,3H2,1-2H3. The Kier molecular flexibility index (Phi) is 4.73. The maximum absolute atomic E-state index is 11.9. The van der Waals surface area contributed by atoms with Crippen molar-refractivity contribution in [3.63, 3.8) is 0 Å². The highest BCUT2D eigenvalue weighted by Gasteiger charge is 2.21. The molecule has 0 saturated heterocycles. The van der Waals surface area contributed by atoms with Crippen molar-refractivity contribution in [2.24, 2.45) is 0 Å². The van der Waals surface area contributed by atoms with Crippen LogP contribution in [0.4, 0.5) is 16.2 Å². The molecule has 6 nitrogen and oxygen atoms in total. The fourth-order valence-electron chi connectivity index (χ4n) is 2.17. The highest BCUT2D eigenvalue weighted by Crippen LogP contribution is 2.36. The number of anilines is 1. The van der Waals surface area contributed by atoms with E-state index in [1.807, 2.05) is 0 Å². The minimum atomic E-state index is -0.506. The van der Waals surface area contributed by atoms with Gasteiger partial charge < -0.3 is 4.74 Å². The summed E-state index contributed by atoms with van der Waals surface area (Å²) >= 11 is 0. The number of nitro benzene ring substituents is 1. The molecule has 0 aromatic heterocycles. The smallest absolute Gasteiger partial charge is 0.414 e. The van der Waals surface area contributed by atoms with E-state index in [0.29, 0.717) is 16.8 Å². The lowest BCUT2D eigenvalue weighted by atomic mass is 10.0. The maximum atomic E-state index is 11.9. The Balaban J connectivity index is 2.54. The van der Waals surface area contributed by atoms with Gasteiger partial charge in [0.2, 0.25) is 0 Å². The van der Waals surface area contributed by atoms with Crippen LogP contribution in [0.25, 0.3) is 11.1 Å². The second kappa shape index (κ2) is 6.71. The van der Waals surface area contributed by atoms with E-state index in [1.54, 1.807) is 56.4 Å². The molecule has 2 rings (SSSR count). The van der Waals surface area contributed by atoms with Gasteiger partial charge in [0.1, 0.15) is 0 Å². The second-order valence-corrected chi connectivity index (χ2v) is 4.55. The van der Waals surface area contributed by atoms with Crippen LogP contribution >= 0.6 is 0 Å². The Morgan fingerprint density at radius 2 is 1.73 bits per heavy atom. The molecule has 0 unspecified atom stereocenters. The SMILES string of the molecule is CCOC(=O)N(C)c1ccccc1-c1ccccc1[N+](=O)[O-]. The van der Waals surface area contributed by atoms with Gasteiger partial charge in [-0.1, -0.05) is 30.3 Å². The summed E-state index contributed by atoms with van der Waals surface area (Å²) in [7, 11) is 1.58. The number of hydrogen-bond donors (Lipinski definition) is 0. The normalized spacial score (nSPS) is 10.1. The van der Waals surface area contributed by atoms with Crippen LogP contribution < -0.4 is 4.90 Å². The van der Waals surface area contributed by atoms with Crippen LogP contribution in [0.2, 0.25) is 0 Å². The van der Waals surface area contributed by atoms with Gasteiger partial charge in [0.05, 0.1) is 22.8 Å². The summed E-state index contributed by atoms with van der Waals surface area (Å²) < 4.78 is 4.98. The third-order valence-electron chi connectivity index (χ3n) is 3.20. The molecule has 0 radical (unpaired) electrons. The lowest BCUT2D eigenvalue weighted by molar-refractivity contribution is -0.384. The molecule has 0 heterocycles. The zero-order valence-corrected chi connectivity index (χ0v) is 12.4. The molecule has 0 N–H and O–H groups in total. The molecule has 0 fully saturated rings. The first-order chi connectivity index (χ1) is 10.6. The van der Waals surface area contributed by atoms with Crippen molar-refractivity contribution in [3.05, 3.63) is 58.6 Å². The number of carbonyl (C=O) groups is 1. The Morgan fingerprint density at radius 3 is 2.36 bits per heavy atom. The molecule has 0 aliphatic carbocycles. The molecule has 0 atom stereocenters. The Hall–Kier alpha value is -2.89. The summed E-state index contributed by atoms with van der Waals surface area (Å²) in [6, 6.07) is 13.4. The third-order valence-corrected chi connectivity index (χ3v) is 3.20. The number of carbonyl (C=O) groups excluding carboxylic acids is 1. The van der Waals surface area contributed by atoms with Crippen LogP contribution in [0, 0.1) is 10.1 Å². The number of rotatable bonds is 4. The van der Waals surface area contributed by atoms with Crippen molar-refractivity contribution in [1.82, 2.24) is 0 Å². The topological polar surface area (TPSA) is 72.7 Å². The van der Waals surface area contributed by atoms with Crippen molar-refractivity contribution < 1.29 is 14.5 Å². The van der Waals surface area contributed by atoms with Crippen molar-refractivity contribution >= 4 is 17.5 Å². The van der Waals surface area contributed by atoms with Crippen molar-refractivity contribution in [2.45, 2.75) is 6.92 Å². The van der Waals surface area contributed by atoms with Gasteiger partial charge >= 0.3 is 6.09 Å². The Labute approximate surface area is 128 Å². The largest absolute Gasteiger partial charge is 0.449 e. The molecule has 0 saturated carbocycles. The molecule has 1 amide bonds. The summed E-state index contributed by atoms with van der Waals surface area (Å²) in [5.41, 5.74) is 1.60. The molecule has 2 aromatic carbocycles. The molecule has 0 spiro atoms. The van der Waals surface area contributed by atoms with Gasteiger partial charge in [-0.05, 0) is 19.1 Å². The first kappa shape index (κ1) is 15.5. The third kappa shape index (κ3) is 3.06. The van der Waals surface area contributed by atoms with Gasteiger partial charge in [-0.3, -0.25) is 15.0 Å². The van der Waals surface area contributed by atoms with E-state index in [1.165, 1.54) is 11.0 Å². The van der Waals surface area contributed by atoms with Crippen LogP contribution in [0.15, 0.2) is 48.5 Å². The van der Waals surface area contributed by atoms with Gasteiger partial charge in [-0.2, -0.15) is 0 Å². The summed E-state index contributed by atoms with van der Waals surface area (Å²) in [4.78, 5) is 24.0. The van der Waals surface area contributed by atoms with Crippen LogP contribution in [0.3, 0.4) is 0 Å². The molecule has 0 aliphatic rings. The number of para-hydroxylation sites is 2. The van der Waals surface area contributed by atoms with Gasteiger partial charge in [-0.25, -0.2) is 4.79 Å². The van der Waals surface area contributed by atoms with E-state index >= 15 is 0 Å². The molecule has 0 aliphatic heterocycles. The number of nitrogens with zero attached hydrogens (tertiary/aromatic N) is 2. The fraction of sp³-hybridized carbons (Fsp3) is 0.188. The molecule has 0 bridgehead atoms. The highest BCUT2D eigenvalue weighted by atomic mass is 16.6. The van der Waals surface area contributed by atoms with Gasteiger partial charge in [0, 0.05) is 18.7 Å². The average Bonchev–Trinajstić information content (AvgIpc) is 2.54. The van der Waals surface area contributed by atoms with Crippen molar-refractivity contribution in [1.29, 1.82) is 0 Å². The Morgan fingerprint density at radius 1 is 1.14 bits per heavy atom. The number of ether oxygens (including phenoxy) is 1. The minimum Gasteiger partial charge on any atom is -0.449 e. The average molecular weight is 300 g/mol. The summed E-state index contributed by atoms with van der Waals surface area (Å²) in [5.74, 6) is 0. The second-order valence-electron chi connectivity index (χ2n) is 4.55. The van der Waals surface area contributed by atoms with Crippen molar-refractivity contribution in [3.8, 4) is 11.1 Å². The zero-order valence-electron chi connectivity index (χ0n) is 12.4. The van der Waals surface area contributed by atoms with E-state index in [4.69, 9.17) is 4.74 Å². The molecule has 2 aromatic rings. The molecule has 114 valence electrons. The summed E-state index contributed by atoms with van der Waals surface area (Å²) in [5, 5.41) is 11.2. The lowest BCUT2D eigenvalue weighted by Crippen LogP contribution is -2.27. The molecular weight excluding hydrogens is 284 g/mol. The van der Waals surface area contributed by atoms with Crippen LogP contribution in [-0.2, 0) is 4.74 Å². The Bertz CT molecular complexity index is 700. The van der Waals surface area contributed by atoms with E-state index in [0.717, 1.165) is 0 Å². The quantitative estimate of drug-likeness (QED) is 0.635. The maximum Gasteiger partial charge on any atom is 0.414 e. The van der Waals surface area contributed by atoms with Gasteiger partial charge in [0.15, 0.2) is 0 Å². The summed E-state index contributed by atoms with van der Waals surface area (Å²) in [6.45, 7) is 1.98. The lowest BCUT2D eigenvalue weighted by Gasteiger charge is -2.20. The van der Waals surface area contributed by atoms with Crippen LogP contribution in [0.1, 0.15) is 6.92 Å². The number of nitro groups is 1. The minimum absolute atomic E-state index is 0.00721. The monoisotopic (exact) mass is 300 g/mol. The van der Waals surface area contributed by atoms with Crippen LogP contribution in [-0.4, -0.2) is 24.7 Å². The van der Waals surface area contributed by atoms with E-state index in [-0.39, 0.29) is 12.3 Å². The van der Waals surface area contributed by atoms with Crippen LogP contribution in [0.5, 0.6) is 0 Å². The van der Waals surface area contributed by atoms with Gasteiger partial charge in [-0.15, -0.1) is 0 Å². The zero-order chi connectivity index (χ0) is 16.1. The summed E-state index contributed by atoms with van der Waals surface area (Å²) in [6.07, 6.45) is -0.506. The fourth-order valence-corrected chi connectivity index (χ4v) is 2.17. The van der Waals surface area contributed by atoms with E-state index in [9.17, 15) is 14.9 Å². The molecule has 6 heteroatoms. The molecular formula is C16H16N2O4. The van der Waals surface area contributed by atoms with E-state index < -0.39 is 11.0 Å². The first-order valence-corrected chi connectivity index (χ1v) is 6.79. The number of hydrogen-bond acceptors (Lipinski definition) is 4. The van der Waals surface area contributed by atoms with E-state index in [2.05, 4.69) is 0 Å². The van der Waals surface area contributed by atoms with Crippen molar-refractivity contribution in [2.75, 3.05) is 18.6 Å². The number of amides is 1. The predicted octanol–water partition coefficient (Wildman–Crippen LogP) is 3.85. The molecule has 22 heavy (non-hydrogen) atoms.